The smallest absolute Gasteiger partial charge is 0.356 e. The van der Waals surface area contributed by atoms with Crippen LogP contribution in [0.4, 0.5) is 0 Å². The first-order chi connectivity index (χ1) is 9.25. The Bertz CT molecular complexity index is 733. The molecule has 0 saturated carbocycles. The van der Waals surface area contributed by atoms with Gasteiger partial charge >= 0.3 is 5.97 Å². The Morgan fingerprint density at radius 2 is 1.65 bits per heavy atom. The van der Waals surface area contributed by atoms with E-state index in [1.807, 2.05) is 0 Å². The Kier molecular flexibility index (Phi) is 4.73. The topological polar surface area (TPSA) is 68.0 Å². The number of carboxylic acids is 1. The van der Waals surface area contributed by atoms with Crippen LogP contribution in [0.25, 0.3) is 5.82 Å². The highest BCUT2D eigenvalue weighted by atomic mass is 79.9. The van der Waals surface area contributed by atoms with E-state index >= 15 is 0 Å². The van der Waals surface area contributed by atoms with E-state index in [4.69, 9.17) is 58.0 Å². The average molecular weight is 440 g/mol. The van der Waals surface area contributed by atoms with Crippen LogP contribution in [0.1, 0.15) is 10.5 Å². The summed E-state index contributed by atoms with van der Waals surface area (Å²) in [5, 5.41) is 12.6. The van der Waals surface area contributed by atoms with Gasteiger partial charge in [0.2, 0.25) is 0 Å². The molecule has 0 unspecified atom stereocenters. The summed E-state index contributed by atoms with van der Waals surface area (Å²) in [6, 6.07) is 0. The minimum absolute atomic E-state index is 0.0451. The van der Waals surface area contributed by atoms with Gasteiger partial charge in [-0.1, -0.05) is 58.0 Å². The van der Waals surface area contributed by atoms with E-state index < -0.39 is 5.97 Å². The van der Waals surface area contributed by atoms with E-state index in [2.05, 4.69) is 26.0 Å². The zero-order valence-corrected chi connectivity index (χ0v) is 14.3. The van der Waals surface area contributed by atoms with Gasteiger partial charge in [0.05, 0.1) is 10.0 Å². The van der Waals surface area contributed by atoms with Crippen molar-refractivity contribution in [3.05, 3.63) is 35.5 Å². The molecule has 2 heterocycles. The third-order valence-corrected chi connectivity index (χ3v) is 4.97. The van der Waals surface area contributed by atoms with Crippen LogP contribution in [-0.4, -0.2) is 25.8 Å². The molecule has 0 saturated heterocycles. The summed E-state index contributed by atoms with van der Waals surface area (Å²) in [5.74, 6) is -1.43. The van der Waals surface area contributed by atoms with Gasteiger partial charge in [0.1, 0.15) is 14.6 Å². The fraction of sp³-hybridized carbons (Fsp3) is 0. The fourth-order valence-corrected chi connectivity index (χ4v) is 2.67. The maximum absolute atomic E-state index is 11.2. The van der Waals surface area contributed by atoms with Crippen LogP contribution in [0.3, 0.4) is 0 Å². The molecule has 0 amide bonds. The van der Waals surface area contributed by atoms with Crippen molar-refractivity contribution in [2.24, 2.45) is 0 Å². The first-order valence-electron chi connectivity index (χ1n) is 4.63. The lowest BCUT2D eigenvalue weighted by molar-refractivity contribution is 0.0687. The molecule has 5 nitrogen and oxygen atoms in total. The van der Waals surface area contributed by atoms with Crippen molar-refractivity contribution in [3.8, 4) is 5.82 Å². The summed E-state index contributed by atoms with van der Waals surface area (Å²) in [4.78, 5) is 15.1. The summed E-state index contributed by atoms with van der Waals surface area (Å²) in [5.41, 5.74) is -0.345. The van der Waals surface area contributed by atoms with Crippen LogP contribution in [0.15, 0.2) is 4.60 Å². The van der Waals surface area contributed by atoms with Crippen molar-refractivity contribution in [1.29, 1.82) is 0 Å². The normalized spacial score (nSPS) is 10.9. The highest BCUT2D eigenvalue weighted by Gasteiger charge is 2.26. The number of pyridine rings is 1. The average Bonchev–Trinajstić information content (AvgIpc) is 2.67. The third kappa shape index (κ3) is 2.61. The molecule has 0 aliphatic rings. The molecule has 2 rings (SSSR count). The number of aromatic carboxylic acids is 1. The third-order valence-electron chi connectivity index (χ3n) is 2.16. The predicted octanol–water partition coefficient (Wildman–Crippen LogP) is 5.00. The maximum Gasteiger partial charge on any atom is 0.356 e. The second-order valence-corrected chi connectivity index (χ2v) is 5.96. The Morgan fingerprint density at radius 1 is 1.05 bits per heavy atom. The molecule has 0 atom stereocenters. The highest BCUT2D eigenvalue weighted by Crippen LogP contribution is 2.39. The highest BCUT2D eigenvalue weighted by molar-refractivity contribution is 9.10. The molecule has 0 aromatic carbocycles. The van der Waals surface area contributed by atoms with Gasteiger partial charge in [-0.15, -0.1) is 0 Å². The molecule has 20 heavy (non-hydrogen) atoms. The molecule has 0 aliphatic heterocycles. The lowest BCUT2D eigenvalue weighted by atomic mass is 10.4. The molecule has 106 valence electrons. The van der Waals surface area contributed by atoms with E-state index in [0.29, 0.717) is 0 Å². The number of carboxylic acid groups (broad SMARTS) is 1. The molecule has 0 aliphatic carbocycles. The molecule has 2 aromatic rings. The summed E-state index contributed by atoms with van der Waals surface area (Å²) in [7, 11) is 0. The molecule has 11 heteroatoms. The summed E-state index contributed by atoms with van der Waals surface area (Å²) < 4.78 is 1.02. The Labute approximate surface area is 145 Å². The van der Waals surface area contributed by atoms with Gasteiger partial charge in [-0.2, -0.15) is 5.10 Å². The van der Waals surface area contributed by atoms with Crippen molar-refractivity contribution in [2.45, 2.75) is 0 Å². The van der Waals surface area contributed by atoms with Crippen molar-refractivity contribution in [2.75, 3.05) is 0 Å². The Hall–Kier alpha value is -0.240. The van der Waals surface area contributed by atoms with E-state index in [1.54, 1.807) is 0 Å². The molecule has 2 aromatic heterocycles. The number of carbonyl (C=O) groups is 1. The maximum atomic E-state index is 11.2. The molecular formula is C9HBrCl5N3O2. The zero-order valence-electron chi connectivity index (χ0n) is 8.96. The minimum Gasteiger partial charge on any atom is -0.476 e. The SMILES string of the molecule is O=C(O)c1c(Cl)c(Br)nn1-c1nc(Cl)c(Cl)c(Cl)c1Cl. The van der Waals surface area contributed by atoms with Crippen LogP contribution in [-0.2, 0) is 0 Å². The fourth-order valence-electron chi connectivity index (χ4n) is 1.33. The quantitative estimate of drug-likeness (QED) is 0.668. The van der Waals surface area contributed by atoms with Gasteiger partial charge in [-0.05, 0) is 15.9 Å². The van der Waals surface area contributed by atoms with Crippen LogP contribution in [0.2, 0.25) is 25.2 Å². The van der Waals surface area contributed by atoms with E-state index in [1.165, 1.54) is 0 Å². The van der Waals surface area contributed by atoms with E-state index in [9.17, 15) is 9.90 Å². The lowest BCUT2D eigenvalue weighted by Crippen LogP contribution is -2.11. The van der Waals surface area contributed by atoms with Crippen molar-refractivity contribution in [1.82, 2.24) is 14.8 Å². The number of hydrogen-bond donors (Lipinski definition) is 1. The first-order valence-corrected chi connectivity index (χ1v) is 7.31. The zero-order chi connectivity index (χ0) is 15.2. The number of halogens is 6. The molecule has 0 bridgehead atoms. The standard InChI is InChI=1S/C9HBrCl5N3O2/c10-6-4(14)5(9(19)20)18(17-6)8-3(13)1(11)2(12)7(15)16-8/h(H,19,20). The predicted molar refractivity (Wildman–Crippen MR) is 81.1 cm³/mol. The Balaban J connectivity index is 2.82. The van der Waals surface area contributed by atoms with Crippen LogP contribution in [0, 0.1) is 0 Å². The number of nitrogens with zero attached hydrogens (tertiary/aromatic N) is 3. The second-order valence-electron chi connectivity index (χ2n) is 3.34. The van der Waals surface area contributed by atoms with Gasteiger partial charge in [0, 0.05) is 0 Å². The molecule has 0 fully saturated rings. The molecule has 1 N–H and O–H groups in total. The Morgan fingerprint density at radius 3 is 2.20 bits per heavy atom. The number of rotatable bonds is 2. The summed E-state index contributed by atoms with van der Waals surface area (Å²) in [6.07, 6.45) is 0. The van der Waals surface area contributed by atoms with Gasteiger partial charge in [0.15, 0.2) is 16.7 Å². The van der Waals surface area contributed by atoms with Crippen molar-refractivity contribution < 1.29 is 9.90 Å². The first kappa shape index (κ1) is 16.1. The minimum atomic E-state index is -1.33. The van der Waals surface area contributed by atoms with Crippen molar-refractivity contribution >= 4 is 79.9 Å². The van der Waals surface area contributed by atoms with Gasteiger partial charge < -0.3 is 5.11 Å². The largest absolute Gasteiger partial charge is 0.476 e. The second kappa shape index (κ2) is 5.87. The molecule has 0 radical (unpaired) electrons. The van der Waals surface area contributed by atoms with Gasteiger partial charge in [-0.3, -0.25) is 0 Å². The van der Waals surface area contributed by atoms with E-state index in [0.717, 1.165) is 4.68 Å². The lowest BCUT2D eigenvalue weighted by Gasteiger charge is -2.09. The van der Waals surface area contributed by atoms with Gasteiger partial charge in [0.25, 0.3) is 0 Å². The monoisotopic (exact) mass is 437 g/mol. The van der Waals surface area contributed by atoms with Crippen molar-refractivity contribution in [3.63, 3.8) is 0 Å². The number of hydrogen-bond acceptors (Lipinski definition) is 3. The van der Waals surface area contributed by atoms with Crippen LogP contribution in [0.5, 0.6) is 0 Å². The van der Waals surface area contributed by atoms with Gasteiger partial charge in [-0.25, -0.2) is 14.5 Å². The van der Waals surface area contributed by atoms with E-state index in [-0.39, 0.29) is 41.4 Å². The molecular weight excluding hydrogens is 439 g/mol. The summed E-state index contributed by atoms with van der Waals surface area (Å²) in [6.45, 7) is 0. The molecule has 0 spiro atoms. The summed E-state index contributed by atoms with van der Waals surface area (Å²) >= 11 is 32.3. The van der Waals surface area contributed by atoms with Crippen LogP contribution < -0.4 is 0 Å². The van der Waals surface area contributed by atoms with Crippen LogP contribution >= 0.6 is 73.9 Å². The number of aromatic nitrogens is 3.